The zero-order chi connectivity index (χ0) is 10.9. The lowest BCUT2D eigenvalue weighted by Crippen LogP contribution is -2.41. The normalized spacial score (nSPS) is 17.3. The summed E-state index contributed by atoms with van der Waals surface area (Å²) in [5.74, 6) is 0. The van der Waals surface area contributed by atoms with Crippen LogP contribution in [0.3, 0.4) is 0 Å². The Morgan fingerprint density at radius 3 is 1.54 bits per heavy atom. The van der Waals surface area contributed by atoms with E-state index in [9.17, 15) is 5.11 Å². The number of rotatable bonds is 1. The average Bonchev–Trinajstić information content (AvgIpc) is 1.83. The van der Waals surface area contributed by atoms with Gasteiger partial charge in [0.1, 0.15) is 6.10 Å². The average molecular weight is 187 g/mol. The van der Waals surface area contributed by atoms with Crippen molar-refractivity contribution in [2.24, 2.45) is 16.0 Å². The van der Waals surface area contributed by atoms with Crippen molar-refractivity contribution in [1.29, 1.82) is 0 Å². The van der Waals surface area contributed by atoms with Gasteiger partial charge in [0.15, 0.2) is 0 Å². The van der Waals surface area contributed by atoms with Crippen LogP contribution in [0.5, 0.6) is 0 Å². The molecular weight excluding hydrogens is 166 g/mol. The molecule has 1 unspecified atom stereocenters. The highest BCUT2D eigenvalue weighted by molar-refractivity contribution is 5.93. The summed E-state index contributed by atoms with van der Waals surface area (Å²) in [6, 6.07) is 0. The van der Waals surface area contributed by atoms with Crippen LogP contribution in [0.2, 0.25) is 0 Å². The number of oxime groups is 1. The molecule has 1 atom stereocenters. The zero-order valence-electron chi connectivity index (χ0n) is 9.42. The molecule has 0 bridgehead atoms. The van der Waals surface area contributed by atoms with Gasteiger partial charge in [-0.3, -0.25) is 0 Å². The first kappa shape index (κ1) is 12.4. The van der Waals surface area contributed by atoms with E-state index in [-0.39, 0.29) is 10.8 Å². The zero-order valence-corrected chi connectivity index (χ0v) is 9.42. The van der Waals surface area contributed by atoms with Crippen LogP contribution in [0.15, 0.2) is 5.16 Å². The Labute approximate surface area is 80.5 Å². The Balaban J connectivity index is 4.84. The van der Waals surface area contributed by atoms with E-state index in [1.54, 1.807) is 0 Å². The molecule has 78 valence electrons. The van der Waals surface area contributed by atoms with Crippen molar-refractivity contribution in [3.8, 4) is 0 Å². The van der Waals surface area contributed by atoms with Gasteiger partial charge in [-0.2, -0.15) is 0 Å². The third kappa shape index (κ3) is 3.35. The maximum absolute atomic E-state index is 9.89. The SMILES string of the molecule is CC(C)(C)/C(=N\O)C(O)C(C)(C)C. The minimum atomic E-state index is -0.711. The predicted molar refractivity (Wildman–Crippen MR) is 54.1 cm³/mol. The quantitative estimate of drug-likeness (QED) is 0.376. The molecule has 0 aliphatic rings. The second-order valence-corrected chi connectivity index (χ2v) is 5.50. The van der Waals surface area contributed by atoms with Crippen molar-refractivity contribution in [3.63, 3.8) is 0 Å². The number of aliphatic hydroxyl groups excluding tert-OH is 1. The summed E-state index contributed by atoms with van der Waals surface area (Å²) < 4.78 is 0. The van der Waals surface area contributed by atoms with Crippen molar-refractivity contribution in [3.05, 3.63) is 0 Å². The van der Waals surface area contributed by atoms with Gasteiger partial charge in [0.05, 0.1) is 5.71 Å². The molecule has 0 saturated carbocycles. The van der Waals surface area contributed by atoms with Gasteiger partial charge in [-0.05, 0) is 5.41 Å². The van der Waals surface area contributed by atoms with Gasteiger partial charge < -0.3 is 10.3 Å². The maximum Gasteiger partial charge on any atom is 0.101 e. The summed E-state index contributed by atoms with van der Waals surface area (Å²) in [7, 11) is 0. The predicted octanol–water partition coefficient (Wildman–Crippen LogP) is 2.27. The summed E-state index contributed by atoms with van der Waals surface area (Å²) >= 11 is 0. The lowest BCUT2D eigenvalue weighted by atomic mass is 9.77. The standard InChI is InChI=1S/C10H21NO2/c1-9(2,3)7(11-13)8(12)10(4,5)6/h8,12-13H,1-6H3/b11-7-. The molecular formula is C10H21NO2. The molecule has 0 aromatic rings. The molecule has 0 rings (SSSR count). The van der Waals surface area contributed by atoms with Crippen molar-refractivity contribution in [2.75, 3.05) is 0 Å². The Kier molecular flexibility index (Phi) is 3.50. The van der Waals surface area contributed by atoms with Crippen molar-refractivity contribution in [1.82, 2.24) is 0 Å². The molecule has 3 heteroatoms. The summed E-state index contributed by atoms with van der Waals surface area (Å²) in [5.41, 5.74) is -0.170. The van der Waals surface area contributed by atoms with Gasteiger partial charge >= 0.3 is 0 Å². The highest BCUT2D eigenvalue weighted by Gasteiger charge is 2.34. The van der Waals surface area contributed by atoms with Gasteiger partial charge in [0.25, 0.3) is 0 Å². The van der Waals surface area contributed by atoms with E-state index in [2.05, 4.69) is 5.16 Å². The summed E-state index contributed by atoms with van der Waals surface area (Å²) in [6.45, 7) is 11.5. The molecule has 0 amide bonds. The first-order chi connectivity index (χ1) is 5.60. The molecule has 13 heavy (non-hydrogen) atoms. The Hall–Kier alpha value is -0.570. The summed E-state index contributed by atoms with van der Waals surface area (Å²) in [5, 5.41) is 21.9. The summed E-state index contributed by atoms with van der Waals surface area (Å²) in [4.78, 5) is 0. The Bertz CT molecular complexity index is 196. The minimum absolute atomic E-state index is 0.297. The Morgan fingerprint density at radius 2 is 1.46 bits per heavy atom. The lowest BCUT2D eigenvalue weighted by molar-refractivity contribution is 0.109. The monoisotopic (exact) mass is 187 g/mol. The molecule has 0 radical (unpaired) electrons. The van der Waals surface area contributed by atoms with Crippen LogP contribution in [-0.2, 0) is 0 Å². The molecule has 0 spiro atoms. The van der Waals surface area contributed by atoms with Crippen LogP contribution in [0.25, 0.3) is 0 Å². The van der Waals surface area contributed by atoms with Crippen LogP contribution in [0, 0.1) is 10.8 Å². The van der Waals surface area contributed by atoms with Gasteiger partial charge in [0, 0.05) is 5.41 Å². The highest BCUT2D eigenvalue weighted by atomic mass is 16.4. The number of aliphatic hydroxyl groups is 1. The van der Waals surface area contributed by atoms with Gasteiger partial charge in [0.2, 0.25) is 0 Å². The van der Waals surface area contributed by atoms with Gasteiger partial charge in [-0.25, -0.2) is 0 Å². The molecule has 2 N–H and O–H groups in total. The fourth-order valence-electron chi connectivity index (χ4n) is 1.02. The third-order valence-corrected chi connectivity index (χ3v) is 1.96. The molecule has 0 aliphatic heterocycles. The van der Waals surface area contributed by atoms with Crippen LogP contribution in [0.1, 0.15) is 41.5 Å². The smallest absolute Gasteiger partial charge is 0.101 e. The van der Waals surface area contributed by atoms with Gasteiger partial charge in [-0.15, -0.1) is 0 Å². The molecule has 3 nitrogen and oxygen atoms in total. The molecule has 0 saturated heterocycles. The molecule has 0 fully saturated rings. The van der Waals surface area contributed by atoms with Crippen molar-refractivity contribution in [2.45, 2.75) is 47.6 Å². The Morgan fingerprint density at radius 1 is 1.08 bits per heavy atom. The lowest BCUT2D eigenvalue weighted by Gasteiger charge is -2.32. The minimum Gasteiger partial charge on any atom is -0.411 e. The largest absolute Gasteiger partial charge is 0.411 e. The van der Waals surface area contributed by atoms with Crippen LogP contribution in [-0.4, -0.2) is 22.1 Å². The fourth-order valence-corrected chi connectivity index (χ4v) is 1.02. The molecule has 0 aromatic carbocycles. The van der Waals surface area contributed by atoms with E-state index in [0.717, 1.165) is 0 Å². The van der Waals surface area contributed by atoms with E-state index in [1.807, 2.05) is 41.5 Å². The number of hydrogen-bond acceptors (Lipinski definition) is 3. The number of nitrogens with zero attached hydrogens (tertiary/aromatic N) is 1. The first-order valence-corrected chi connectivity index (χ1v) is 4.51. The second kappa shape index (κ2) is 3.66. The topological polar surface area (TPSA) is 52.8 Å². The van der Waals surface area contributed by atoms with E-state index >= 15 is 0 Å². The van der Waals surface area contributed by atoms with Crippen LogP contribution in [0.4, 0.5) is 0 Å². The number of hydrogen-bond donors (Lipinski definition) is 2. The fraction of sp³-hybridized carbons (Fsp3) is 0.900. The van der Waals surface area contributed by atoms with Crippen molar-refractivity contribution >= 4 is 5.71 Å². The van der Waals surface area contributed by atoms with E-state index < -0.39 is 6.10 Å². The van der Waals surface area contributed by atoms with Gasteiger partial charge in [-0.1, -0.05) is 46.7 Å². The van der Waals surface area contributed by atoms with E-state index in [1.165, 1.54) is 0 Å². The maximum atomic E-state index is 9.89. The van der Waals surface area contributed by atoms with Crippen LogP contribution >= 0.6 is 0 Å². The van der Waals surface area contributed by atoms with E-state index in [4.69, 9.17) is 5.21 Å². The third-order valence-electron chi connectivity index (χ3n) is 1.96. The first-order valence-electron chi connectivity index (χ1n) is 4.51. The highest BCUT2D eigenvalue weighted by Crippen LogP contribution is 2.28. The summed E-state index contributed by atoms with van der Waals surface area (Å²) in [6.07, 6.45) is -0.711. The van der Waals surface area contributed by atoms with Crippen molar-refractivity contribution < 1.29 is 10.3 Å². The second-order valence-electron chi connectivity index (χ2n) is 5.50. The molecule has 0 heterocycles. The molecule has 0 aliphatic carbocycles. The van der Waals surface area contributed by atoms with E-state index in [0.29, 0.717) is 5.71 Å². The molecule has 0 aromatic heterocycles. The van der Waals surface area contributed by atoms with Crippen LogP contribution < -0.4 is 0 Å².